The number of para-hydroxylation sites is 1. The Kier molecular flexibility index (Phi) is 4.62. The molecule has 0 spiro atoms. The summed E-state index contributed by atoms with van der Waals surface area (Å²) >= 11 is 7.65. The Morgan fingerprint density at radius 2 is 1.83 bits per heavy atom. The minimum Gasteiger partial charge on any atom is -0.318 e. The number of halogens is 1. The smallest absolute Gasteiger partial charge is 0.318 e. The van der Waals surface area contributed by atoms with Gasteiger partial charge in [-0.05, 0) is 59.5 Å². The van der Waals surface area contributed by atoms with Crippen LogP contribution in [-0.4, -0.2) is 15.5 Å². The lowest BCUT2D eigenvalue weighted by atomic mass is 10.1. The van der Waals surface area contributed by atoms with Crippen LogP contribution >= 0.6 is 22.9 Å². The molecule has 29 heavy (non-hydrogen) atoms. The molecule has 0 fully saturated rings. The number of benzene rings is 2. The quantitative estimate of drug-likeness (QED) is 0.405. The van der Waals surface area contributed by atoms with E-state index >= 15 is 0 Å². The summed E-state index contributed by atoms with van der Waals surface area (Å²) in [4.78, 5) is 16.5. The number of rotatable bonds is 2. The van der Waals surface area contributed by atoms with Gasteiger partial charge in [-0.3, -0.25) is 0 Å². The summed E-state index contributed by atoms with van der Waals surface area (Å²) in [7, 11) is 0. The summed E-state index contributed by atoms with van der Waals surface area (Å²) in [6.45, 7) is 0.514. The monoisotopic (exact) mass is 419 g/mol. The number of urea groups is 1. The summed E-state index contributed by atoms with van der Waals surface area (Å²) in [5.41, 5.74) is 4.01. The van der Waals surface area contributed by atoms with Crippen molar-refractivity contribution < 1.29 is 4.79 Å². The van der Waals surface area contributed by atoms with Crippen LogP contribution in [0.2, 0.25) is 5.02 Å². The van der Waals surface area contributed by atoms with Gasteiger partial charge in [0.2, 0.25) is 0 Å². The Labute approximate surface area is 178 Å². The molecule has 0 aliphatic carbocycles. The highest BCUT2D eigenvalue weighted by Crippen LogP contribution is 2.38. The van der Waals surface area contributed by atoms with Gasteiger partial charge in [0.25, 0.3) is 0 Å². The number of amides is 2. The second kappa shape index (κ2) is 7.43. The highest BCUT2D eigenvalue weighted by atomic mass is 35.5. The van der Waals surface area contributed by atoms with Gasteiger partial charge >= 0.3 is 6.03 Å². The first kappa shape index (κ1) is 18.0. The van der Waals surface area contributed by atoms with Gasteiger partial charge in [-0.2, -0.15) is 0 Å². The molecule has 0 saturated heterocycles. The molecule has 0 radical (unpaired) electrons. The summed E-state index contributed by atoms with van der Waals surface area (Å²) in [5, 5.41) is 5.73. The van der Waals surface area contributed by atoms with Gasteiger partial charge in [0.15, 0.2) is 0 Å². The predicted molar refractivity (Wildman–Crippen MR) is 118 cm³/mol. The maximum absolute atomic E-state index is 13.4. The number of carbonyl (C=O) groups excluding carboxylic acids is 1. The average Bonchev–Trinajstić information content (AvgIpc) is 3.41. The lowest BCUT2D eigenvalue weighted by Gasteiger charge is -2.30. The van der Waals surface area contributed by atoms with Gasteiger partial charge in [-0.25, -0.2) is 4.79 Å². The van der Waals surface area contributed by atoms with Gasteiger partial charge in [-0.15, -0.1) is 11.3 Å². The molecule has 2 aromatic carbocycles. The van der Waals surface area contributed by atoms with Crippen molar-refractivity contribution >= 4 is 34.7 Å². The largest absolute Gasteiger partial charge is 0.323 e. The number of nitrogens with zero attached hydrogens (tertiary/aromatic N) is 2. The summed E-state index contributed by atoms with van der Waals surface area (Å²) in [6.07, 6.45) is 2.06. The minimum atomic E-state index is -0.176. The van der Waals surface area contributed by atoms with E-state index in [1.54, 1.807) is 23.5 Å². The number of hydrogen-bond donors (Lipinski definition) is 1. The van der Waals surface area contributed by atoms with Gasteiger partial charge in [-0.1, -0.05) is 35.9 Å². The molecular formula is C23H18ClN3OS. The normalized spacial score (nSPS) is 15.3. The van der Waals surface area contributed by atoms with Crippen LogP contribution in [0.1, 0.15) is 22.2 Å². The fraction of sp³-hybridized carbons (Fsp3) is 0.0870. The van der Waals surface area contributed by atoms with E-state index in [1.807, 2.05) is 41.3 Å². The minimum absolute atomic E-state index is 0.143. The molecule has 2 amide bonds. The van der Waals surface area contributed by atoms with E-state index < -0.39 is 0 Å². The molecule has 1 aliphatic heterocycles. The molecule has 1 atom stereocenters. The maximum atomic E-state index is 13.4. The van der Waals surface area contributed by atoms with Gasteiger partial charge < -0.3 is 14.8 Å². The number of aromatic nitrogens is 1. The van der Waals surface area contributed by atoms with E-state index in [4.69, 9.17) is 11.6 Å². The Hall–Kier alpha value is -3.02. The number of nitrogens with one attached hydrogen (secondary N) is 1. The van der Waals surface area contributed by atoms with Crippen molar-refractivity contribution in [3.63, 3.8) is 0 Å². The van der Waals surface area contributed by atoms with Crippen molar-refractivity contribution in [1.29, 1.82) is 0 Å². The molecule has 3 heterocycles. The molecule has 1 aliphatic rings. The Morgan fingerprint density at radius 1 is 1.00 bits per heavy atom. The van der Waals surface area contributed by atoms with Crippen LogP contribution in [0, 0.1) is 0 Å². The number of carbonyl (C=O) groups is 1. The van der Waals surface area contributed by atoms with E-state index in [1.165, 1.54) is 0 Å². The number of hydrogen-bond acceptors (Lipinski definition) is 2. The number of thiophene rings is 1. The van der Waals surface area contributed by atoms with Crippen LogP contribution in [0.3, 0.4) is 0 Å². The number of fused-ring (bicyclic) bond motifs is 3. The van der Waals surface area contributed by atoms with E-state index in [0.717, 1.165) is 27.5 Å². The SMILES string of the molecule is O=C(Nc1ccc(Cl)cc1)N1Cc2ccccc2-n2cccc2[C@@H]1c1cccs1. The second-order valence-electron chi connectivity index (χ2n) is 6.91. The highest BCUT2D eigenvalue weighted by Gasteiger charge is 2.33. The van der Waals surface area contributed by atoms with Gasteiger partial charge in [0.1, 0.15) is 6.04 Å². The Bertz CT molecular complexity index is 1150. The summed E-state index contributed by atoms with van der Waals surface area (Å²) < 4.78 is 2.19. The zero-order chi connectivity index (χ0) is 19.8. The van der Waals surface area contributed by atoms with E-state index in [2.05, 4.69) is 45.7 Å². The van der Waals surface area contributed by atoms with Crippen LogP contribution in [0.25, 0.3) is 5.69 Å². The second-order valence-corrected chi connectivity index (χ2v) is 8.33. The molecule has 0 unspecified atom stereocenters. The van der Waals surface area contributed by atoms with Crippen molar-refractivity contribution in [2.24, 2.45) is 0 Å². The molecule has 2 aromatic heterocycles. The summed E-state index contributed by atoms with van der Waals surface area (Å²) in [6, 6.07) is 23.3. The zero-order valence-corrected chi connectivity index (χ0v) is 17.0. The van der Waals surface area contributed by atoms with Crippen LogP contribution in [-0.2, 0) is 6.54 Å². The van der Waals surface area contributed by atoms with Crippen LogP contribution in [0.5, 0.6) is 0 Å². The van der Waals surface area contributed by atoms with Crippen LogP contribution < -0.4 is 5.32 Å². The molecule has 1 N–H and O–H groups in total. The third-order valence-corrected chi connectivity index (χ3v) is 6.31. The maximum Gasteiger partial charge on any atom is 0.323 e. The molecule has 0 saturated carbocycles. The third-order valence-electron chi connectivity index (χ3n) is 5.13. The topological polar surface area (TPSA) is 37.3 Å². The highest BCUT2D eigenvalue weighted by molar-refractivity contribution is 7.10. The first-order valence-corrected chi connectivity index (χ1v) is 10.6. The van der Waals surface area contributed by atoms with Crippen molar-refractivity contribution in [3.05, 3.63) is 106 Å². The summed E-state index contributed by atoms with van der Waals surface area (Å²) in [5.74, 6) is 0. The van der Waals surface area contributed by atoms with Crippen molar-refractivity contribution in [1.82, 2.24) is 9.47 Å². The molecule has 6 heteroatoms. The number of anilines is 1. The fourth-order valence-electron chi connectivity index (χ4n) is 3.81. The molecule has 144 valence electrons. The first-order chi connectivity index (χ1) is 14.2. The predicted octanol–water partition coefficient (Wildman–Crippen LogP) is 6.33. The van der Waals surface area contributed by atoms with Crippen molar-refractivity contribution in [3.8, 4) is 5.69 Å². The van der Waals surface area contributed by atoms with E-state index in [0.29, 0.717) is 11.6 Å². The van der Waals surface area contributed by atoms with Crippen LogP contribution in [0.4, 0.5) is 10.5 Å². The van der Waals surface area contributed by atoms with Gasteiger partial charge in [0, 0.05) is 21.8 Å². The van der Waals surface area contributed by atoms with Crippen molar-refractivity contribution in [2.45, 2.75) is 12.6 Å². The van der Waals surface area contributed by atoms with Gasteiger partial charge in [0.05, 0.1) is 17.9 Å². The average molecular weight is 420 g/mol. The fourth-order valence-corrected chi connectivity index (χ4v) is 4.79. The molecule has 5 rings (SSSR count). The molecular weight excluding hydrogens is 402 g/mol. The Balaban J connectivity index is 1.60. The van der Waals surface area contributed by atoms with Crippen LogP contribution in [0.15, 0.2) is 84.4 Å². The van der Waals surface area contributed by atoms with E-state index in [9.17, 15) is 4.79 Å². The standard InChI is InChI=1S/C23H18ClN3OS/c24-17-9-11-18(12-10-17)25-23(28)27-15-16-5-1-2-6-19(16)26-13-3-7-20(26)22(27)21-8-4-14-29-21/h1-14,22H,15H2,(H,25,28)/t22-/m1/s1. The molecule has 4 nitrogen and oxygen atoms in total. The lowest BCUT2D eigenvalue weighted by molar-refractivity contribution is 0.195. The molecule has 0 bridgehead atoms. The van der Waals surface area contributed by atoms with E-state index in [-0.39, 0.29) is 12.1 Å². The lowest BCUT2D eigenvalue weighted by Crippen LogP contribution is -2.37. The first-order valence-electron chi connectivity index (χ1n) is 9.33. The zero-order valence-electron chi connectivity index (χ0n) is 15.5. The van der Waals surface area contributed by atoms with Crippen molar-refractivity contribution in [2.75, 3.05) is 5.32 Å². The molecule has 4 aromatic rings. The third kappa shape index (κ3) is 3.33. The Morgan fingerprint density at radius 3 is 2.62 bits per heavy atom.